The topological polar surface area (TPSA) is 69.4 Å². The van der Waals surface area contributed by atoms with Crippen LogP contribution in [0.2, 0.25) is 10.0 Å². The standard InChI is InChI=1S/C8H9Cl2NO3S/c9-6-1-2-7(10)8(5-6)14-3-4-15(11,12)13/h1-2,5H,3-4H2,(H2,11,12,13). The normalized spacial score (nSPS) is 11.4. The fourth-order valence-electron chi connectivity index (χ4n) is 0.856. The van der Waals surface area contributed by atoms with Crippen LogP contribution in [0, 0.1) is 0 Å². The average molecular weight is 270 g/mol. The molecule has 0 aliphatic carbocycles. The molecule has 15 heavy (non-hydrogen) atoms. The molecule has 0 spiro atoms. The highest BCUT2D eigenvalue weighted by Gasteiger charge is 2.06. The Morgan fingerprint density at radius 1 is 1.33 bits per heavy atom. The minimum atomic E-state index is -3.52. The van der Waals surface area contributed by atoms with Crippen molar-refractivity contribution in [1.29, 1.82) is 0 Å². The van der Waals surface area contributed by atoms with Gasteiger partial charge in [-0.05, 0) is 12.1 Å². The Balaban J connectivity index is 2.61. The molecule has 84 valence electrons. The third-order valence-electron chi connectivity index (χ3n) is 1.52. The van der Waals surface area contributed by atoms with Crippen LogP contribution < -0.4 is 9.88 Å². The first kappa shape index (κ1) is 12.6. The second-order valence-corrected chi connectivity index (χ2v) is 5.37. The molecule has 1 aromatic rings. The number of sulfonamides is 1. The SMILES string of the molecule is NS(=O)(=O)CCOc1cc(Cl)ccc1Cl. The van der Waals surface area contributed by atoms with Crippen molar-refractivity contribution in [3.63, 3.8) is 0 Å². The summed E-state index contributed by atoms with van der Waals surface area (Å²) in [6, 6.07) is 4.68. The van der Waals surface area contributed by atoms with E-state index in [0.717, 1.165) is 0 Å². The molecule has 0 fully saturated rings. The molecule has 0 radical (unpaired) electrons. The molecular formula is C8H9Cl2NO3S. The summed E-state index contributed by atoms with van der Waals surface area (Å²) in [6.07, 6.45) is 0. The second-order valence-electron chi connectivity index (χ2n) is 2.79. The van der Waals surface area contributed by atoms with Crippen molar-refractivity contribution in [2.75, 3.05) is 12.4 Å². The van der Waals surface area contributed by atoms with Crippen LogP contribution in [0.25, 0.3) is 0 Å². The molecule has 0 saturated heterocycles. The van der Waals surface area contributed by atoms with Crippen LogP contribution in [0.4, 0.5) is 0 Å². The summed E-state index contributed by atoms with van der Waals surface area (Å²) in [5, 5.41) is 5.63. The van der Waals surface area contributed by atoms with Crippen molar-refractivity contribution in [1.82, 2.24) is 0 Å². The van der Waals surface area contributed by atoms with E-state index in [9.17, 15) is 8.42 Å². The molecule has 0 aliphatic rings. The molecule has 0 bridgehead atoms. The van der Waals surface area contributed by atoms with Gasteiger partial charge in [0.1, 0.15) is 12.4 Å². The summed E-state index contributed by atoms with van der Waals surface area (Å²) in [5.74, 6) is 0.0726. The number of ether oxygens (including phenoxy) is 1. The van der Waals surface area contributed by atoms with E-state index >= 15 is 0 Å². The average Bonchev–Trinajstić information content (AvgIpc) is 2.09. The number of hydrogen-bond acceptors (Lipinski definition) is 3. The van der Waals surface area contributed by atoms with E-state index in [0.29, 0.717) is 15.8 Å². The number of benzene rings is 1. The van der Waals surface area contributed by atoms with Crippen molar-refractivity contribution in [2.45, 2.75) is 0 Å². The van der Waals surface area contributed by atoms with Gasteiger partial charge in [-0.3, -0.25) is 0 Å². The molecule has 7 heteroatoms. The van der Waals surface area contributed by atoms with Crippen LogP contribution in [-0.2, 0) is 10.0 Å². The summed E-state index contributed by atoms with van der Waals surface area (Å²) in [5.41, 5.74) is 0. The highest BCUT2D eigenvalue weighted by Crippen LogP contribution is 2.27. The number of hydrogen-bond donors (Lipinski definition) is 1. The molecular weight excluding hydrogens is 261 g/mol. The number of primary sulfonamides is 1. The molecule has 0 atom stereocenters. The van der Waals surface area contributed by atoms with Gasteiger partial charge in [-0.15, -0.1) is 0 Å². The van der Waals surface area contributed by atoms with Crippen LogP contribution in [0.5, 0.6) is 5.75 Å². The highest BCUT2D eigenvalue weighted by atomic mass is 35.5. The second kappa shape index (κ2) is 5.03. The minimum absolute atomic E-state index is 0.0567. The Kier molecular flexibility index (Phi) is 4.21. The first-order valence-electron chi connectivity index (χ1n) is 3.97. The van der Waals surface area contributed by atoms with Crippen molar-refractivity contribution in [3.05, 3.63) is 28.2 Å². The van der Waals surface area contributed by atoms with E-state index in [-0.39, 0.29) is 12.4 Å². The van der Waals surface area contributed by atoms with E-state index in [1.807, 2.05) is 0 Å². The van der Waals surface area contributed by atoms with Crippen LogP contribution >= 0.6 is 23.2 Å². The van der Waals surface area contributed by atoms with Gasteiger partial charge in [-0.25, -0.2) is 13.6 Å². The lowest BCUT2D eigenvalue weighted by molar-refractivity contribution is 0.341. The predicted octanol–water partition coefficient (Wildman–Crippen LogP) is 1.66. The van der Waals surface area contributed by atoms with E-state index in [4.69, 9.17) is 33.1 Å². The van der Waals surface area contributed by atoms with E-state index < -0.39 is 10.0 Å². The maximum Gasteiger partial charge on any atom is 0.212 e. The molecule has 0 heterocycles. The summed E-state index contributed by atoms with van der Waals surface area (Å²) in [7, 11) is -3.52. The Morgan fingerprint density at radius 2 is 2.00 bits per heavy atom. The van der Waals surface area contributed by atoms with Crippen molar-refractivity contribution in [2.24, 2.45) is 5.14 Å². The zero-order chi connectivity index (χ0) is 11.5. The Hall–Kier alpha value is -0.490. The van der Waals surface area contributed by atoms with Crippen molar-refractivity contribution < 1.29 is 13.2 Å². The summed E-state index contributed by atoms with van der Waals surface area (Å²) < 4.78 is 26.3. The van der Waals surface area contributed by atoms with Crippen LogP contribution in [0.1, 0.15) is 0 Å². The first-order valence-corrected chi connectivity index (χ1v) is 6.44. The Bertz CT molecular complexity index is 447. The Labute approximate surface area is 98.0 Å². The van der Waals surface area contributed by atoms with Gasteiger partial charge in [0.25, 0.3) is 0 Å². The van der Waals surface area contributed by atoms with Gasteiger partial charge in [-0.1, -0.05) is 23.2 Å². The monoisotopic (exact) mass is 269 g/mol. The van der Waals surface area contributed by atoms with Gasteiger partial charge >= 0.3 is 0 Å². The first-order chi connectivity index (χ1) is 6.88. The molecule has 0 unspecified atom stereocenters. The predicted molar refractivity (Wildman–Crippen MR) is 59.9 cm³/mol. The molecule has 0 saturated carbocycles. The molecule has 0 aliphatic heterocycles. The van der Waals surface area contributed by atoms with Gasteiger partial charge < -0.3 is 4.74 Å². The summed E-state index contributed by atoms with van der Waals surface area (Å²) in [6.45, 7) is -0.0567. The van der Waals surface area contributed by atoms with Crippen molar-refractivity contribution in [3.8, 4) is 5.75 Å². The van der Waals surface area contributed by atoms with Crippen LogP contribution in [0.3, 0.4) is 0 Å². The summed E-state index contributed by atoms with van der Waals surface area (Å²) >= 11 is 11.5. The quantitative estimate of drug-likeness (QED) is 0.904. The maximum atomic E-state index is 10.6. The highest BCUT2D eigenvalue weighted by molar-refractivity contribution is 7.89. The van der Waals surface area contributed by atoms with Gasteiger partial charge in [0.05, 0.1) is 10.8 Å². The van der Waals surface area contributed by atoms with E-state index in [2.05, 4.69) is 0 Å². The molecule has 2 N–H and O–H groups in total. The number of halogens is 2. The molecule has 1 aromatic carbocycles. The van der Waals surface area contributed by atoms with Gasteiger partial charge in [-0.2, -0.15) is 0 Å². The van der Waals surface area contributed by atoms with E-state index in [1.54, 1.807) is 12.1 Å². The molecule has 1 rings (SSSR count). The zero-order valence-corrected chi connectivity index (χ0v) is 9.94. The summed E-state index contributed by atoms with van der Waals surface area (Å²) in [4.78, 5) is 0. The van der Waals surface area contributed by atoms with Gasteiger partial charge in [0.15, 0.2) is 0 Å². The maximum absolute atomic E-state index is 10.6. The zero-order valence-electron chi connectivity index (χ0n) is 7.61. The van der Waals surface area contributed by atoms with Crippen LogP contribution in [0.15, 0.2) is 18.2 Å². The molecule has 0 amide bonds. The van der Waals surface area contributed by atoms with Gasteiger partial charge in [0.2, 0.25) is 10.0 Å². The van der Waals surface area contributed by atoms with Gasteiger partial charge in [0, 0.05) is 11.1 Å². The minimum Gasteiger partial charge on any atom is -0.491 e. The molecule has 4 nitrogen and oxygen atoms in total. The third kappa shape index (κ3) is 4.70. The largest absolute Gasteiger partial charge is 0.491 e. The number of nitrogens with two attached hydrogens (primary N) is 1. The lowest BCUT2D eigenvalue weighted by Crippen LogP contribution is -2.21. The molecule has 0 aromatic heterocycles. The lowest BCUT2D eigenvalue weighted by Gasteiger charge is -2.07. The third-order valence-corrected chi connectivity index (χ3v) is 2.80. The Morgan fingerprint density at radius 3 is 2.60 bits per heavy atom. The smallest absolute Gasteiger partial charge is 0.212 e. The number of rotatable bonds is 4. The van der Waals surface area contributed by atoms with Crippen molar-refractivity contribution >= 4 is 33.2 Å². The fourth-order valence-corrected chi connectivity index (χ4v) is 1.51. The lowest BCUT2D eigenvalue weighted by atomic mass is 10.3. The van der Waals surface area contributed by atoms with E-state index in [1.165, 1.54) is 6.07 Å². The fraction of sp³-hybridized carbons (Fsp3) is 0.250. The van der Waals surface area contributed by atoms with Crippen LogP contribution in [-0.4, -0.2) is 20.8 Å².